The van der Waals surface area contributed by atoms with E-state index in [9.17, 15) is 14.7 Å². The lowest BCUT2D eigenvalue weighted by Gasteiger charge is -2.13. The maximum absolute atomic E-state index is 13.0. The molecule has 140 valence electrons. The Kier molecular flexibility index (Phi) is 4.96. The highest BCUT2D eigenvalue weighted by Gasteiger charge is 2.22. The molecule has 0 saturated carbocycles. The second-order valence-corrected chi connectivity index (χ2v) is 5.93. The molecule has 7 nitrogen and oxygen atoms in total. The summed E-state index contributed by atoms with van der Waals surface area (Å²) in [7, 11) is 4.31. The fourth-order valence-corrected chi connectivity index (χ4v) is 2.88. The standard InChI is InChI=1S/C19H15ClO7/c1-24-15-4-9(5-16(25-2)19(15)26-3)18(23)10-8-27-14-6-11(20)12(21)7-13(22)17(10)14/h4-8,21H,1-3H3. The fourth-order valence-electron chi connectivity index (χ4n) is 2.72. The largest absolute Gasteiger partial charge is 0.506 e. The Morgan fingerprint density at radius 2 is 1.67 bits per heavy atom. The summed E-state index contributed by atoms with van der Waals surface area (Å²) in [5.74, 6) is 0.0237. The van der Waals surface area contributed by atoms with Crippen LogP contribution >= 0.6 is 11.6 Å². The van der Waals surface area contributed by atoms with Crippen LogP contribution in [0.2, 0.25) is 5.02 Å². The van der Waals surface area contributed by atoms with Gasteiger partial charge in [-0.3, -0.25) is 9.59 Å². The van der Waals surface area contributed by atoms with Gasteiger partial charge < -0.3 is 23.7 Å². The van der Waals surface area contributed by atoms with E-state index < -0.39 is 17.0 Å². The molecular formula is C19H15ClO7. The number of carbonyl (C=O) groups is 1. The second kappa shape index (κ2) is 7.20. The van der Waals surface area contributed by atoms with E-state index in [0.29, 0.717) is 17.2 Å². The van der Waals surface area contributed by atoms with Crippen molar-refractivity contribution < 1.29 is 28.5 Å². The fraction of sp³-hybridized carbons (Fsp3) is 0.158. The number of carbonyl (C=O) groups excluding carboxylic acids is 1. The first kappa shape index (κ1) is 18.6. The van der Waals surface area contributed by atoms with Crippen molar-refractivity contribution in [3.8, 4) is 23.0 Å². The number of ketones is 1. The molecule has 0 fully saturated rings. The van der Waals surface area contributed by atoms with E-state index in [4.69, 9.17) is 30.2 Å². The zero-order valence-corrected chi connectivity index (χ0v) is 15.4. The molecule has 1 heterocycles. The van der Waals surface area contributed by atoms with Gasteiger partial charge in [-0.25, -0.2) is 0 Å². The molecule has 3 rings (SSSR count). The summed E-state index contributed by atoms with van der Waals surface area (Å²) in [6.07, 6.45) is 1.17. The van der Waals surface area contributed by atoms with Crippen LogP contribution in [0, 0.1) is 0 Å². The molecule has 2 aromatic carbocycles. The van der Waals surface area contributed by atoms with Gasteiger partial charge in [0.1, 0.15) is 17.6 Å². The third kappa shape index (κ3) is 3.17. The summed E-state index contributed by atoms with van der Waals surface area (Å²) in [5, 5.41) is 9.67. The molecule has 0 atom stereocenters. The highest BCUT2D eigenvalue weighted by atomic mass is 35.5. The maximum atomic E-state index is 13.0. The van der Waals surface area contributed by atoms with E-state index in [2.05, 4.69) is 0 Å². The Morgan fingerprint density at radius 1 is 1.04 bits per heavy atom. The molecular weight excluding hydrogens is 376 g/mol. The summed E-state index contributed by atoms with van der Waals surface area (Å²) >= 11 is 5.88. The first-order valence-corrected chi connectivity index (χ1v) is 8.07. The van der Waals surface area contributed by atoms with Gasteiger partial charge in [0, 0.05) is 17.7 Å². The smallest absolute Gasteiger partial charge is 0.203 e. The summed E-state index contributed by atoms with van der Waals surface area (Å²) in [6, 6.07) is 5.16. The van der Waals surface area contributed by atoms with Gasteiger partial charge in [0.15, 0.2) is 22.7 Å². The monoisotopic (exact) mass is 390 g/mol. The van der Waals surface area contributed by atoms with Crippen LogP contribution in [0.4, 0.5) is 0 Å². The molecule has 1 N–H and O–H groups in total. The first-order chi connectivity index (χ1) is 12.9. The Morgan fingerprint density at radius 3 is 2.22 bits per heavy atom. The molecule has 0 amide bonds. The van der Waals surface area contributed by atoms with E-state index in [1.165, 1.54) is 45.8 Å². The van der Waals surface area contributed by atoms with E-state index in [1.807, 2.05) is 0 Å². The molecule has 0 spiro atoms. The van der Waals surface area contributed by atoms with Crippen molar-refractivity contribution in [3.63, 3.8) is 0 Å². The van der Waals surface area contributed by atoms with Crippen LogP contribution in [0.25, 0.3) is 11.0 Å². The van der Waals surface area contributed by atoms with Gasteiger partial charge in [-0.15, -0.1) is 0 Å². The Labute approximate surface area is 158 Å². The van der Waals surface area contributed by atoms with E-state index in [0.717, 1.165) is 6.07 Å². The van der Waals surface area contributed by atoms with Gasteiger partial charge in [0.25, 0.3) is 0 Å². The number of methoxy groups -OCH3 is 3. The van der Waals surface area contributed by atoms with E-state index >= 15 is 0 Å². The van der Waals surface area contributed by atoms with E-state index in [1.54, 1.807) is 0 Å². The van der Waals surface area contributed by atoms with Gasteiger partial charge in [-0.05, 0) is 12.1 Å². The molecule has 3 aromatic rings. The Balaban J connectivity index is 2.23. The number of hydrogen-bond donors (Lipinski definition) is 1. The molecule has 8 heteroatoms. The molecule has 0 aliphatic carbocycles. The predicted octanol–water partition coefficient (Wildman–Crippen LogP) is 3.41. The molecule has 0 aliphatic rings. The van der Waals surface area contributed by atoms with Crippen LogP contribution in [0.15, 0.2) is 39.7 Å². The molecule has 0 saturated heterocycles. The van der Waals surface area contributed by atoms with Crippen molar-refractivity contribution in [1.29, 1.82) is 0 Å². The minimum atomic E-state index is -0.598. The number of aromatic hydroxyl groups is 1. The number of furan rings is 1. The predicted molar refractivity (Wildman–Crippen MR) is 98.7 cm³/mol. The van der Waals surface area contributed by atoms with Crippen LogP contribution in [0.3, 0.4) is 0 Å². The normalized spacial score (nSPS) is 10.7. The van der Waals surface area contributed by atoms with Crippen LogP contribution < -0.4 is 19.6 Å². The van der Waals surface area contributed by atoms with Gasteiger partial charge in [-0.1, -0.05) is 11.6 Å². The Bertz CT molecular complexity index is 1080. The average molecular weight is 391 g/mol. The zero-order chi connectivity index (χ0) is 19.7. The average Bonchev–Trinajstić information content (AvgIpc) is 3.05. The molecule has 1 aromatic heterocycles. The number of rotatable bonds is 5. The van der Waals surface area contributed by atoms with Crippen molar-refractivity contribution in [3.05, 3.63) is 56.9 Å². The molecule has 0 bridgehead atoms. The van der Waals surface area contributed by atoms with Gasteiger partial charge >= 0.3 is 0 Å². The lowest BCUT2D eigenvalue weighted by molar-refractivity contribution is 0.103. The van der Waals surface area contributed by atoms with Gasteiger partial charge in [0.2, 0.25) is 5.75 Å². The topological polar surface area (TPSA) is 95.2 Å². The maximum Gasteiger partial charge on any atom is 0.203 e. The Hall–Kier alpha value is -3.19. The lowest BCUT2D eigenvalue weighted by Crippen LogP contribution is -2.06. The van der Waals surface area contributed by atoms with Gasteiger partial charge in [-0.2, -0.15) is 0 Å². The van der Waals surface area contributed by atoms with E-state index in [-0.39, 0.29) is 27.1 Å². The first-order valence-electron chi connectivity index (χ1n) is 7.70. The minimum Gasteiger partial charge on any atom is -0.506 e. The van der Waals surface area contributed by atoms with Crippen molar-refractivity contribution in [2.45, 2.75) is 0 Å². The summed E-state index contributed by atoms with van der Waals surface area (Å²) in [5.41, 5.74) is -0.288. The number of fused-ring (bicyclic) bond motifs is 1. The van der Waals surface area contributed by atoms with Crippen molar-refractivity contribution in [2.24, 2.45) is 0 Å². The quantitative estimate of drug-likeness (QED) is 0.667. The highest BCUT2D eigenvalue weighted by Crippen LogP contribution is 2.39. The van der Waals surface area contributed by atoms with Crippen LogP contribution in [-0.2, 0) is 0 Å². The zero-order valence-electron chi connectivity index (χ0n) is 14.7. The van der Waals surface area contributed by atoms with Crippen molar-refractivity contribution >= 4 is 28.4 Å². The molecule has 27 heavy (non-hydrogen) atoms. The second-order valence-electron chi connectivity index (χ2n) is 5.52. The number of hydrogen-bond acceptors (Lipinski definition) is 7. The molecule has 0 aliphatic heterocycles. The third-order valence-electron chi connectivity index (χ3n) is 4.01. The van der Waals surface area contributed by atoms with Crippen LogP contribution in [-0.4, -0.2) is 32.2 Å². The summed E-state index contributed by atoms with van der Waals surface area (Å²) in [6.45, 7) is 0. The number of halogens is 1. The summed E-state index contributed by atoms with van der Waals surface area (Å²) < 4.78 is 21.1. The lowest BCUT2D eigenvalue weighted by atomic mass is 10.0. The summed E-state index contributed by atoms with van der Waals surface area (Å²) in [4.78, 5) is 25.5. The molecule has 0 radical (unpaired) electrons. The highest BCUT2D eigenvalue weighted by molar-refractivity contribution is 6.32. The van der Waals surface area contributed by atoms with Crippen LogP contribution in [0.1, 0.15) is 15.9 Å². The van der Waals surface area contributed by atoms with Gasteiger partial charge in [0.05, 0.1) is 37.3 Å². The van der Waals surface area contributed by atoms with Crippen LogP contribution in [0.5, 0.6) is 23.0 Å². The number of benzene rings is 1. The number of ether oxygens (including phenoxy) is 3. The molecule has 0 unspecified atom stereocenters. The SMILES string of the molecule is COc1cc(C(=O)c2coc3cc(Cl)c(O)cc(=O)c23)cc(OC)c1OC. The van der Waals surface area contributed by atoms with Crippen molar-refractivity contribution in [1.82, 2.24) is 0 Å². The minimum absolute atomic E-state index is 0.0101. The third-order valence-corrected chi connectivity index (χ3v) is 4.31. The van der Waals surface area contributed by atoms with Crippen molar-refractivity contribution in [2.75, 3.05) is 21.3 Å².